The second-order valence-corrected chi connectivity index (χ2v) is 5.80. The lowest BCUT2D eigenvalue weighted by Crippen LogP contribution is -2.43. The molecule has 0 atom stereocenters. The van der Waals surface area contributed by atoms with E-state index in [0.717, 1.165) is 42.9 Å². The topological polar surface area (TPSA) is 43.4 Å². The molecule has 0 amide bonds. The second-order valence-electron chi connectivity index (χ2n) is 5.80. The molecule has 23 heavy (non-hydrogen) atoms. The molecule has 0 radical (unpaired) electrons. The number of hydrogen-bond acceptors (Lipinski definition) is 3. The van der Waals surface area contributed by atoms with E-state index in [1.807, 2.05) is 18.5 Å². The minimum absolute atomic E-state index is 0.981. The number of anilines is 1. The van der Waals surface area contributed by atoms with Crippen LogP contribution in [0.1, 0.15) is 5.56 Å². The lowest BCUT2D eigenvalue weighted by Gasteiger charge is -2.29. The first-order chi connectivity index (χ1) is 11.4. The summed E-state index contributed by atoms with van der Waals surface area (Å²) in [6, 6.07) is 16.8. The van der Waals surface area contributed by atoms with Crippen molar-refractivity contribution in [3.8, 4) is 0 Å². The molecule has 4 nitrogen and oxygen atoms in total. The van der Waals surface area contributed by atoms with E-state index in [-0.39, 0.29) is 0 Å². The number of aromatic amines is 1. The van der Waals surface area contributed by atoms with Gasteiger partial charge in [0.2, 0.25) is 0 Å². The molecule has 0 bridgehead atoms. The first kappa shape index (κ1) is 14.0. The van der Waals surface area contributed by atoms with Gasteiger partial charge in [-0.3, -0.25) is 4.99 Å². The molecule has 1 saturated heterocycles. The summed E-state index contributed by atoms with van der Waals surface area (Å²) in [5, 5.41) is 4.58. The van der Waals surface area contributed by atoms with Crippen LogP contribution in [0.25, 0.3) is 10.9 Å². The molecule has 1 aromatic heterocycles. The van der Waals surface area contributed by atoms with E-state index in [4.69, 9.17) is 0 Å². The van der Waals surface area contributed by atoms with E-state index in [1.54, 1.807) is 0 Å². The number of rotatable bonds is 3. The molecule has 2 N–H and O–H groups in total. The van der Waals surface area contributed by atoms with E-state index in [0.29, 0.717) is 0 Å². The molecule has 0 saturated carbocycles. The Morgan fingerprint density at radius 3 is 2.57 bits per heavy atom. The fourth-order valence-corrected chi connectivity index (χ4v) is 3.02. The lowest BCUT2D eigenvalue weighted by atomic mass is 10.2. The van der Waals surface area contributed by atoms with Gasteiger partial charge in [0.05, 0.1) is 5.69 Å². The number of aromatic nitrogens is 1. The summed E-state index contributed by atoms with van der Waals surface area (Å²) in [5.41, 5.74) is 4.52. The molecule has 1 aliphatic heterocycles. The van der Waals surface area contributed by atoms with E-state index >= 15 is 0 Å². The van der Waals surface area contributed by atoms with Crippen molar-refractivity contribution in [3.63, 3.8) is 0 Å². The molecular formula is C19H20N4. The van der Waals surface area contributed by atoms with Gasteiger partial charge in [0.15, 0.2) is 0 Å². The first-order valence-electron chi connectivity index (χ1n) is 8.06. The summed E-state index contributed by atoms with van der Waals surface area (Å²) in [6.07, 6.45) is 3.93. The molecule has 2 aromatic carbocycles. The third-order valence-electron chi connectivity index (χ3n) is 4.31. The fraction of sp³-hybridized carbons (Fsp3) is 0.211. The third-order valence-corrected chi connectivity index (χ3v) is 4.31. The zero-order valence-corrected chi connectivity index (χ0v) is 13.0. The summed E-state index contributed by atoms with van der Waals surface area (Å²) in [4.78, 5) is 10.3. The van der Waals surface area contributed by atoms with Crippen molar-refractivity contribution < 1.29 is 0 Å². The highest BCUT2D eigenvalue weighted by molar-refractivity contribution is 5.99. The molecule has 0 spiro atoms. The van der Waals surface area contributed by atoms with Crippen LogP contribution in [-0.4, -0.2) is 37.4 Å². The molecule has 0 aliphatic carbocycles. The van der Waals surface area contributed by atoms with Crippen LogP contribution in [-0.2, 0) is 0 Å². The van der Waals surface area contributed by atoms with Crippen molar-refractivity contribution in [2.24, 2.45) is 4.99 Å². The zero-order valence-electron chi connectivity index (χ0n) is 13.0. The molecule has 1 fully saturated rings. The maximum Gasteiger partial charge on any atom is 0.0631 e. The van der Waals surface area contributed by atoms with E-state index in [9.17, 15) is 0 Å². The monoisotopic (exact) mass is 304 g/mol. The number of piperazine rings is 1. The Bertz CT molecular complexity index is 811. The zero-order chi connectivity index (χ0) is 15.5. The summed E-state index contributed by atoms with van der Waals surface area (Å²) in [5.74, 6) is 0. The summed E-state index contributed by atoms with van der Waals surface area (Å²) in [6.45, 7) is 4.25. The molecule has 2 heterocycles. The number of hydrogen-bond donors (Lipinski definition) is 2. The van der Waals surface area contributed by atoms with Crippen molar-refractivity contribution in [2.75, 3.05) is 31.1 Å². The summed E-state index contributed by atoms with van der Waals surface area (Å²) >= 11 is 0. The van der Waals surface area contributed by atoms with Crippen LogP contribution < -0.4 is 10.2 Å². The van der Waals surface area contributed by atoms with Gasteiger partial charge in [-0.25, -0.2) is 0 Å². The number of benzene rings is 2. The Morgan fingerprint density at radius 2 is 1.74 bits per heavy atom. The average Bonchev–Trinajstić information content (AvgIpc) is 3.04. The van der Waals surface area contributed by atoms with E-state index < -0.39 is 0 Å². The Kier molecular flexibility index (Phi) is 3.82. The van der Waals surface area contributed by atoms with Crippen molar-refractivity contribution >= 4 is 28.5 Å². The van der Waals surface area contributed by atoms with Gasteiger partial charge in [0, 0.05) is 60.7 Å². The molecule has 4 heteroatoms. The average molecular weight is 304 g/mol. The highest BCUT2D eigenvalue weighted by atomic mass is 15.2. The van der Waals surface area contributed by atoms with Gasteiger partial charge in [-0.05, 0) is 30.3 Å². The van der Waals surface area contributed by atoms with Crippen LogP contribution >= 0.6 is 0 Å². The van der Waals surface area contributed by atoms with Gasteiger partial charge < -0.3 is 15.2 Å². The van der Waals surface area contributed by atoms with Crippen molar-refractivity contribution in [1.29, 1.82) is 0 Å². The Labute approximate surface area is 135 Å². The Balaban J connectivity index is 1.52. The van der Waals surface area contributed by atoms with E-state index in [1.165, 1.54) is 11.1 Å². The largest absolute Gasteiger partial charge is 0.369 e. The highest BCUT2D eigenvalue weighted by Crippen LogP contribution is 2.21. The number of aliphatic imine (C=N–C) groups is 1. The highest BCUT2D eigenvalue weighted by Gasteiger charge is 2.09. The van der Waals surface area contributed by atoms with Crippen LogP contribution in [0.2, 0.25) is 0 Å². The summed E-state index contributed by atoms with van der Waals surface area (Å²) in [7, 11) is 0. The lowest BCUT2D eigenvalue weighted by molar-refractivity contribution is 0.589. The number of nitrogens with zero attached hydrogens (tertiary/aromatic N) is 2. The molecule has 1 aliphatic rings. The SMILES string of the molecule is C(=Nc1ccc(N2CCNCC2)cc1)c1c[nH]c2ccccc12. The van der Waals surface area contributed by atoms with E-state index in [2.05, 4.69) is 62.7 Å². The molecule has 0 unspecified atom stereocenters. The number of H-pyrrole nitrogens is 1. The van der Waals surface area contributed by atoms with Crippen molar-refractivity contribution in [2.45, 2.75) is 0 Å². The van der Waals surface area contributed by atoms with Crippen LogP contribution in [0, 0.1) is 0 Å². The smallest absolute Gasteiger partial charge is 0.0631 e. The fourth-order valence-electron chi connectivity index (χ4n) is 3.02. The van der Waals surface area contributed by atoms with Gasteiger partial charge in [0.1, 0.15) is 0 Å². The predicted octanol–water partition coefficient (Wildman–Crippen LogP) is 3.33. The molecule has 4 rings (SSSR count). The first-order valence-corrected chi connectivity index (χ1v) is 8.06. The predicted molar refractivity (Wildman–Crippen MR) is 97.1 cm³/mol. The minimum atomic E-state index is 0.981. The van der Waals surface area contributed by atoms with Gasteiger partial charge in [-0.2, -0.15) is 0 Å². The quantitative estimate of drug-likeness (QED) is 0.729. The standard InChI is InChI=1S/C19H20N4/c1-2-4-19-18(3-1)15(14-22-19)13-21-16-5-7-17(8-6-16)23-11-9-20-10-12-23/h1-8,13-14,20,22H,9-12H2. The molecule has 3 aromatic rings. The van der Waals surface area contributed by atoms with Crippen molar-refractivity contribution in [3.05, 3.63) is 60.3 Å². The molecular weight excluding hydrogens is 284 g/mol. The van der Waals surface area contributed by atoms with Gasteiger partial charge in [0.25, 0.3) is 0 Å². The van der Waals surface area contributed by atoms with Gasteiger partial charge in [-0.1, -0.05) is 18.2 Å². The van der Waals surface area contributed by atoms with Crippen LogP contribution in [0.4, 0.5) is 11.4 Å². The maximum atomic E-state index is 4.61. The second kappa shape index (κ2) is 6.26. The number of nitrogens with one attached hydrogen (secondary N) is 2. The minimum Gasteiger partial charge on any atom is -0.369 e. The molecule has 116 valence electrons. The van der Waals surface area contributed by atoms with Crippen LogP contribution in [0.15, 0.2) is 59.7 Å². The van der Waals surface area contributed by atoms with Gasteiger partial charge >= 0.3 is 0 Å². The Morgan fingerprint density at radius 1 is 0.957 bits per heavy atom. The van der Waals surface area contributed by atoms with Gasteiger partial charge in [-0.15, -0.1) is 0 Å². The normalized spacial score (nSPS) is 15.6. The summed E-state index contributed by atoms with van der Waals surface area (Å²) < 4.78 is 0. The number of para-hydroxylation sites is 1. The maximum absolute atomic E-state index is 4.61. The van der Waals surface area contributed by atoms with Crippen LogP contribution in [0.5, 0.6) is 0 Å². The number of fused-ring (bicyclic) bond motifs is 1. The third kappa shape index (κ3) is 2.98. The van der Waals surface area contributed by atoms with Crippen LogP contribution in [0.3, 0.4) is 0 Å². The Hall–Kier alpha value is -2.59. The van der Waals surface area contributed by atoms with Crippen molar-refractivity contribution in [1.82, 2.24) is 10.3 Å².